The minimum Gasteiger partial charge on any atom is -0.399 e. The van der Waals surface area contributed by atoms with Crippen LogP contribution in [-0.4, -0.2) is 43.2 Å². The summed E-state index contributed by atoms with van der Waals surface area (Å²) in [4.78, 5) is 14.1. The van der Waals surface area contributed by atoms with E-state index in [0.717, 1.165) is 0 Å². The largest absolute Gasteiger partial charge is 0.399 e. The van der Waals surface area contributed by atoms with E-state index in [-0.39, 0.29) is 18.1 Å². The first kappa shape index (κ1) is 16.5. The van der Waals surface area contributed by atoms with Crippen LogP contribution in [0.5, 0.6) is 0 Å². The zero-order chi connectivity index (χ0) is 15.1. The number of amides is 1. The Kier molecular flexibility index (Phi) is 6.48. The maximum Gasteiger partial charge on any atom is 0.241 e. The standard InChI is InChI=1S/C15H25N3O2/c1-11(2)20-9-8-18(4)12(3)15(19)17-14-7-5-6-13(16)10-14/h5-7,10-12H,8-9,16H2,1-4H3,(H,17,19). The van der Waals surface area contributed by atoms with Gasteiger partial charge in [0, 0.05) is 17.9 Å². The van der Waals surface area contributed by atoms with Crippen LogP contribution >= 0.6 is 0 Å². The molecule has 0 bridgehead atoms. The monoisotopic (exact) mass is 279 g/mol. The van der Waals surface area contributed by atoms with Gasteiger partial charge in [0.05, 0.1) is 18.8 Å². The number of hydrogen-bond acceptors (Lipinski definition) is 4. The molecule has 5 heteroatoms. The van der Waals surface area contributed by atoms with Crippen molar-refractivity contribution in [2.45, 2.75) is 32.9 Å². The van der Waals surface area contributed by atoms with Crippen molar-refractivity contribution < 1.29 is 9.53 Å². The van der Waals surface area contributed by atoms with E-state index < -0.39 is 0 Å². The van der Waals surface area contributed by atoms with Crippen LogP contribution in [0.2, 0.25) is 0 Å². The summed E-state index contributed by atoms with van der Waals surface area (Å²) in [5, 5.41) is 2.86. The fourth-order valence-electron chi connectivity index (χ4n) is 1.69. The first-order valence-electron chi connectivity index (χ1n) is 6.88. The van der Waals surface area contributed by atoms with Gasteiger partial charge >= 0.3 is 0 Å². The number of nitrogens with two attached hydrogens (primary N) is 1. The molecular formula is C15H25N3O2. The molecule has 5 nitrogen and oxygen atoms in total. The Hall–Kier alpha value is -1.59. The van der Waals surface area contributed by atoms with Crippen molar-refractivity contribution in [3.05, 3.63) is 24.3 Å². The number of likely N-dealkylation sites (N-methyl/N-ethyl adjacent to an activating group) is 1. The van der Waals surface area contributed by atoms with E-state index in [2.05, 4.69) is 5.32 Å². The summed E-state index contributed by atoms with van der Waals surface area (Å²) < 4.78 is 5.49. The third-order valence-electron chi connectivity index (χ3n) is 3.09. The van der Waals surface area contributed by atoms with Crippen LogP contribution in [0.3, 0.4) is 0 Å². The summed E-state index contributed by atoms with van der Waals surface area (Å²) in [6.45, 7) is 7.19. The molecule has 0 aliphatic heterocycles. The van der Waals surface area contributed by atoms with Gasteiger partial charge in [-0.2, -0.15) is 0 Å². The van der Waals surface area contributed by atoms with Gasteiger partial charge in [0.2, 0.25) is 5.91 Å². The number of benzene rings is 1. The second-order valence-corrected chi connectivity index (χ2v) is 5.19. The van der Waals surface area contributed by atoms with E-state index in [1.54, 1.807) is 12.1 Å². The maximum atomic E-state index is 12.1. The van der Waals surface area contributed by atoms with Crippen molar-refractivity contribution in [2.24, 2.45) is 0 Å². The van der Waals surface area contributed by atoms with E-state index in [4.69, 9.17) is 10.5 Å². The van der Waals surface area contributed by atoms with Gasteiger partial charge in [0.25, 0.3) is 0 Å². The van der Waals surface area contributed by atoms with E-state index >= 15 is 0 Å². The number of nitrogen functional groups attached to an aromatic ring is 1. The highest BCUT2D eigenvalue weighted by Gasteiger charge is 2.17. The molecule has 0 radical (unpaired) electrons. The number of carbonyl (C=O) groups is 1. The second kappa shape index (κ2) is 7.87. The third kappa shape index (κ3) is 5.59. The van der Waals surface area contributed by atoms with Gasteiger partial charge in [-0.25, -0.2) is 0 Å². The fourth-order valence-corrected chi connectivity index (χ4v) is 1.69. The molecule has 0 spiro atoms. The number of nitrogens with zero attached hydrogens (tertiary/aromatic N) is 1. The molecule has 20 heavy (non-hydrogen) atoms. The van der Waals surface area contributed by atoms with Crippen molar-refractivity contribution in [3.8, 4) is 0 Å². The molecule has 1 atom stereocenters. The average molecular weight is 279 g/mol. The SMILES string of the molecule is CC(C)OCCN(C)C(C)C(=O)Nc1cccc(N)c1. The molecule has 1 aromatic carbocycles. The Morgan fingerprint density at radius 3 is 2.70 bits per heavy atom. The van der Waals surface area contributed by atoms with Gasteiger partial charge in [-0.3, -0.25) is 9.69 Å². The highest BCUT2D eigenvalue weighted by Crippen LogP contribution is 2.12. The van der Waals surface area contributed by atoms with E-state index in [9.17, 15) is 4.79 Å². The van der Waals surface area contributed by atoms with Crippen molar-refractivity contribution in [3.63, 3.8) is 0 Å². The average Bonchev–Trinajstić information content (AvgIpc) is 2.37. The van der Waals surface area contributed by atoms with Crippen LogP contribution in [0.25, 0.3) is 0 Å². The lowest BCUT2D eigenvalue weighted by Crippen LogP contribution is -2.41. The zero-order valence-electron chi connectivity index (χ0n) is 12.7. The van der Waals surface area contributed by atoms with Gasteiger partial charge in [-0.15, -0.1) is 0 Å². The second-order valence-electron chi connectivity index (χ2n) is 5.19. The van der Waals surface area contributed by atoms with Gasteiger partial charge in [-0.05, 0) is 46.0 Å². The predicted octanol–water partition coefficient (Wildman–Crippen LogP) is 1.95. The quantitative estimate of drug-likeness (QED) is 0.749. The molecule has 1 aromatic rings. The van der Waals surface area contributed by atoms with Crippen molar-refractivity contribution in [2.75, 3.05) is 31.2 Å². The van der Waals surface area contributed by atoms with Gasteiger partial charge < -0.3 is 15.8 Å². The Labute approximate surface area is 121 Å². The van der Waals surface area contributed by atoms with Gasteiger partial charge in [0.15, 0.2) is 0 Å². The molecule has 0 saturated heterocycles. The molecular weight excluding hydrogens is 254 g/mol. The smallest absolute Gasteiger partial charge is 0.241 e. The first-order chi connectivity index (χ1) is 9.40. The third-order valence-corrected chi connectivity index (χ3v) is 3.09. The molecule has 112 valence electrons. The minimum atomic E-state index is -0.229. The Balaban J connectivity index is 2.45. The van der Waals surface area contributed by atoms with Crippen LogP contribution in [0.1, 0.15) is 20.8 Å². The summed E-state index contributed by atoms with van der Waals surface area (Å²) in [5.74, 6) is -0.0531. The summed E-state index contributed by atoms with van der Waals surface area (Å²) in [6.07, 6.45) is 0.208. The van der Waals surface area contributed by atoms with Crippen molar-refractivity contribution in [1.29, 1.82) is 0 Å². The molecule has 0 aliphatic rings. The van der Waals surface area contributed by atoms with Crippen molar-refractivity contribution in [1.82, 2.24) is 4.90 Å². The van der Waals surface area contributed by atoms with Crippen LogP contribution < -0.4 is 11.1 Å². The molecule has 0 aromatic heterocycles. The van der Waals surface area contributed by atoms with Crippen molar-refractivity contribution >= 4 is 17.3 Å². The van der Waals surface area contributed by atoms with Crippen LogP contribution in [-0.2, 0) is 9.53 Å². The number of rotatable bonds is 7. The number of hydrogen-bond donors (Lipinski definition) is 2. The number of nitrogens with one attached hydrogen (secondary N) is 1. The zero-order valence-corrected chi connectivity index (χ0v) is 12.7. The van der Waals surface area contributed by atoms with E-state index in [1.807, 2.05) is 44.9 Å². The Morgan fingerprint density at radius 1 is 1.40 bits per heavy atom. The van der Waals surface area contributed by atoms with Crippen LogP contribution in [0, 0.1) is 0 Å². The summed E-state index contributed by atoms with van der Waals surface area (Å²) in [5.41, 5.74) is 7.04. The topological polar surface area (TPSA) is 67.6 Å². The lowest BCUT2D eigenvalue weighted by atomic mass is 10.2. The van der Waals surface area contributed by atoms with Crippen LogP contribution in [0.4, 0.5) is 11.4 Å². The molecule has 1 rings (SSSR count). The lowest BCUT2D eigenvalue weighted by Gasteiger charge is -2.24. The molecule has 3 N–H and O–H groups in total. The lowest BCUT2D eigenvalue weighted by molar-refractivity contribution is -0.120. The Bertz CT molecular complexity index is 435. The molecule has 0 heterocycles. The van der Waals surface area contributed by atoms with E-state index in [1.165, 1.54) is 0 Å². The highest BCUT2D eigenvalue weighted by atomic mass is 16.5. The van der Waals surface area contributed by atoms with Crippen LogP contribution in [0.15, 0.2) is 24.3 Å². The summed E-state index contributed by atoms with van der Waals surface area (Å²) >= 11 is 0. The number of carbonyl (C=O) groups excluding carboxylic acids is 1. The minimum absolute atomic E-state index is 0.0531. The molecule has 1 amide bonds. The predicted molar refractivity (Wildman–Crippen MR) is 82.7 cm³/mol. The summed E-state index contributed by atoms with van der Waals surface area (Å²) in [7, 11) is 1.91. The van der Waals surface area contributed by atoms with E-state index in [0.29, 0.717) is 24.5 Å². The van der Waals surface area contributed by atoms with Gasteiger partial charge in [0.1, 0.15) is 0 Å². The molecule has 0 saturated carbocycles. The molecule has 0 aliphatic carbocycles. The normalized spacial score (nSPS) is 12.7. The molecule has 1 unspecified atom stereocenters. The molecule has 0 fully saturated rings. The number of anilines is 2. The number of ether oxygens (including phenoxy) is 1. The fraction of sp³-hybridized carbons (Fsp3) is 0.533. The Morgan fingerprint density at radius 2 is 2.10 bits per heavy atom. The first-order valence-corrected chi connectivity index (χ1v) is 6.88. The van der Waals surface area contributed by atoms with Gasteiger partial charge in [-0.1, -0.05) is 6.07 Å². The maximum absolute atomic E-state index is 12.1. The summed E-state index contributed by atoms with van der Waals surface area (Å²) in [6, 6.07) is 6.94. The highest BCUT2D eigenvalue weighted by molar-refractivity contribution is 5.94.